The second-order valence-electron chi connectivity index (χ2n) is 12.1. The highest BCUT2D eigenvalue weighted by molar-refractivity contribution is 6.39. The Morgan fingerprint density at radius 3 is 2.62 bits per heavy atom. The zero-order valence-corrected chi connectivity index (χ0v) is 28.3. The van der Waals surface area contributed by atoms with Gasteiger partial charge in [-0.25, -0.2) is 4.98 Å². The number of nitrogens with zero attached hydrogens (tertiary/aromatic N) is 3. The fraction of sp³-hybridized carbons (Fsp3) is 0.361. The predicted molar refractivity (Wildman–Crippen MR) is 185 cm³/mol. The Morgan fingerprint density at radius 2 is 1.87 bits per heavy atom. The van der Waals surface area contributed by atoms with Crippen LogP contribution in [0.3, 0.4) is 0 Å². The first-order chi connectivity index (χ1) is 22.7. The van der Waals surface area contributed by atoms with Crippen LogP contribution in [-0.2, 0) is 24.3 Å². The molecule has 2 aliphatic rings. The summed E-state index contributed by atoms with van der Waals surface area (Å²) in [6, 6.07) is 15.8. The summed E-state index contributed by atoms with van der Waals surface area (Å²) < 4.78 is 11.5. The Balaban J connectivity index is 1.28. The van der Waals surface area contributed by atoms with E-state index in [1.807, 2.05) is 49.4 Å². The van der Waals surface area contributed by atoms with Crippen molar-refractivity contribution in [1.82, 2.24) is 25.5 Å². The molecule has 0 saturated carbocycles. The normalized spacial score (nSPS) is 16.9. The molecule has 1 amide bonds. The Bertz CT molecular complexity index is 1780. The van der Waals surface area contributed by atoms with Gasteiger partial charge in [0.05, 0.1) is 41.8 Å². The summed E-state index contributed by atoms with van der Waals surface area (Å²) in [5, 5.41) is 17.3. The first-order valence-electron chi connectivity index (χ1n) is 15.8. The van der Waals surface area contributed by atoms with Crippen molar-refractivity contribution in [3.63, 3.8) is 0 Å². The monoisotopic (exact) mass is 675 g/mol. The minimum Gasteiger partial charge on any atom is -0.496 e. The average molecular weight is 677 g/mol. The van der Waals surface area contributed by atoms with Crippen LogP contribution in [0.4, 0.5) is 0 Å². The van der Waals surface area contributed by atoms with Gasteiger partial charge in [-0.1, -0.05) is 47.5 Å². The summed E-state index contributed by atoms with van der Waals surface area (Å²) in [6.45, 7) is 5.22. The zero-order chi connectivity index (χ0) is 33.1. The fourth-order valence-electron chi connectivity index (χ4n) is 6.50. The molecule has 6 rings (SSSR count). The lowest BCUT2D eigenvalue weighted by Gasteiger charge is -2.31. The number of β-amino-alcohol motifs (C(OH)–C–C–N with tert-alkyl or cyclic N) is 1. The molecule has 2 atom stereocenters. The minimum atomic E-state index is -0.403. The molecule has 11 heteroatoms. The van der Waals surface area contributed by atoms with Crippen molar-refractivity contribution < 1.29 is 19.4 Å². The molecule has 2 aromatic heterocycles. The van der Waals surface area contributed by atoms with Gasteiger partial charge in [-0.15, -0.1) is 0 Å². The first-order valence-corrected chi connectivity index (χ1v) is 16.6. The van der Waals surface area contributed by atoms with Gasteiger partial charge in [0.1, 0.15) is 5.75 Å². The Morgan fingerprint density at radius 1 is 1.06 bits per heavy atom. The Kier molecular flexibility index (Phi) is 10.3. The molecule has 0 radical (unpaired) electrons. The summed E-state index contributed by atoms with van der Waals surface area (Å²) in [5.41, 5.74) is 7.64. The summed E-state index contributed by atoms with van der Waals surface area (Å²) in [5.74, 6) is 1.41. The van der Waals surface area contributed by atoms with Gasteiger partial charge in [-0.05, 0) is 55.2 Å². The van der Waals surface area contributed by atoms with E-state index in [4.69, 9.17) is 37.7 Å². The molecular formula is C36H39Cl2N5O4. The van der Waals surface area contributed by atoms with Crippen LogP contribution in [0.25, 0.3) is 33.6 Å². The molecular weight excluding hydrogens is 637 g/mol. The third kappa shape index (κ3) is 7.24. The van der Waals surface area contributed by atoms with Crippen molar-refractivity contribution in [2.24, 2.45) is 0 Å². The van der Waals surface area contributed by atoms with E-state index in [1.54, 1.807) is 20.4 Å². The molecule has 0 aliphatic carbocycles. The standard InChI is InChI=1S/C36H39Cl2N5O4/c1-21(44)19-43-14-12-26-24(20-43)15-23(16-31(26)46-2)35-34(38)28(11-13-40-35)27-5-4-6-29(33(27)37)30-9-7-22(36(42-30)47-3)17-39-18-25-8-10-32(45)41-25/h4-7,9,11,13,15-16,21,25,39,44H,8,10,12,14,17-20H2,1-3H3,(H,41,45)/t21-,25+/m0/s1. The zero-order valence-electron chi connectivity index (χ0n) is 26.8. The predicted octanol–water partition coefficient (Wildman–Crippen LogP) is 5.91. The van der Waals surface area contributed by atoms with Crippen LogP contribution in [-0.4, -0.2) is 71.9 Å². The number of methoxy groups -OCH3 is 2. The van der Waals surface area contributed by atoms with E-state index in [1.165, 1.54) is 5.56 Å². The molecule has 0 unspecified atom stereocenters. The number of halogens is 2. The maximum absolute atomic E-state index is 11.5. The van der Waals surface area contributed by atoms with Gasteiger partial charge in [0.25, 0.3) is 0 Å². The van der Waals surface area contributed by atoms with E-state index in [2.05, 4.69) is 26.6 Å². The van der Waals surface area contributed by atoms with Crippen molar-refractivity contribution in [1.29, 1.82) is 0 Å². The molecule has 1 fully saturated rings. The van der Waals surface area contributed by atoms with Gasteiger partial charge in [-0.2, -0.15) is 0 Å². The number of nitrogens with one attached hydrogen (secondary N) is 2. The van der Waals surface area contributed by atoms with E-state index in [-0.39, 0.29) is 11.9 Å². The first kappa shape index (κ1) is 33.2. The maximum atomic E-state index is 11.5. The van der Waals surface area contributed by atoms with Crippen LogP contribution in [0.2, 0.25) is 10.0 Å². The van der Waals surface area contributed by atoms with E-state index in [9.17, 15) is 9.90 Å². The lowest BCUT2D eigenvalue weighted by molar-refractivity contribution is -0.119. The number of carbonyl (C=O) groups is 1. The molecule has 0 spiro atoms. The van der Waals surface area contributed by atoms with Crippen LogP contribution in [0, 0.1) is 0 Å². The lowest BCUT2D eigenvalue weighted by Crippen LogP contribution is -2.35. The molecule has 0 bridgehead atoms. The van der Waals surface area contributed by atoms with E-state index in [0.717, 1.165) is 58.5 Å². The van der Waals surface area contributed by atoms with Crippen molar-refractivity contribution in [3.8, 4) is 45.3 Å². The van der Waals surface area contributed by atoms with E-state index >= 15 is 0 Å². The molecule has 2 aromatic carbocycles. The van der Waals surface area contributed by atoms with E-state index < -0.39 is 6.10 Å². The van der Waals surface area contributed by atoms with Gasteiger partial charge in [0.15, 0.2) is 0 Å². The number of ether oxygens (including phenoxy) is 2. The highest BCUT2D eigenvalue weighted by Gasteiger charge is 2.24. The van der Waals surface area contributed by atoms with Crippen LogP contribution < -0.4 is 20.1 Å². The van der Waals surface area contributed by atoms with Crippen LogP contribution in [0.15, 0.2) is 54.7 Å². The highest BCUT2D eigenvalue weighted by Crippen LogP contribution is 2.43. The van der Waals surface area contributed by atoms with Gasteiger partial charge in [0.2, 0.25) is 11.8 Å². The maximum Gasteiger partial charge on any atom is 0.220 e. The molecule has 4 aromatic rings. The topological polar surface area (TPSA) is 109 Å². The molecule has 9 nitrogen and oxygen atoms in total. The van der Waals surface area contributed by atoms with Gasteiger partial charge in [0, 0.05) is 79.2 Å². The highest BCUT2D eigenvalue weighted by atomic mass is 35.5. The number of rotatable bonds is 11. The number of amides is 1. The minimum absolute atomic E-state index is 0.101. The van der Waals surface area contributed by atoms with E-state index in [0.29, 0.717) is 59.9 Å². The van der Waals surface area contributed by atoms with Crippen molar-refractivity contribution >= 4 is 29.1 Å². The smallest absolute Gasteiger partial charge is 0.220 e. The van der Waals surface area contributed by atoms with Crippen molar-refractivity contribution in [3.05, 3.63) is 81.5 Å². The van der Waals surface area contributed by atoms with Crippen LogP contribution in [0.1, 0.15) is 36.5 Å². The van der Waals surface area contributed by atoms with Crippen molar-refractivity contribution in [2.75, 3.05) is 33.9 Å². The number of benzene rings is 2. The summed E-state index contributed by atoms with van der Waals surface area (Å²) >= 11 is 14.2. The summed E-state index contributed by atoms with van der Waals surface area (Å²) in [7, 11) is 3.28. The number of fused-ring (bicyclic) bond motifs is 1. The molecule has 3 N–H and O–H groups in total. The number of hydrogen-bond acceptors (Lipinski definition) is 8. The number of hydrogen-bond donors (Lipinski definition) is 3. The van der Waals surface area contributed by atoms with Crippen LogP contribution >= 0.6 is 23.2 Å². The molecule has 246 valence electrons. The van der Waals surface area contributed by atoms with Crippen LogP contribution in [0.5, 0.6) is 11.6 Å². The number of aliphatic hydroxyl groups excluding tert-OH is 1. The molecule has 47 heavy (non-hydrogen) atoms. The Hall–Kier alpha value is -3.73. The second kappa shape index (κ2) is 14.6. The summed E-state index contributed by atoms with van der Waals surface area (Å²) in [4.78, 5) is 23.2. The van der Waals surface area contributed by atoms with Gasteiger partial charge in [-0.3, -0.25) is 14.7 Å². The molecule has 2 aliphatic heterocycles. The lowest BCUT2D eigenvalue weighted by atomic mass is 9.93. The number of aromatic nitrogens is 2. The average Bonchev–Trinajstić information content (AvgIpc) is 3.49. The fourth-order valence-corrected chi connectivity index (χ4v) is 7.15. The number of carbonyl (C=O) groups excluding carboxylic acids is 1. The Labute approximate surface area is 285 Å². The third-order valence-corrected chi connectivity index (χ3v) is 9.56. The number of aliphatic hydroxyl groups is 1. The van der Waals surface area contributed by atoms with Crippen molar-refractivity contribution in [2.45, 2.75) is 51.4 Å². The molecule has 1 saturated heterocycles. The second-order valence-corrected chi connectivity index (χ2v) is 12.9. The third-order valence-electron chi connectivity index (χ3n) is 8.77. The quantitative estimate of drug-likeness (QED) is 0.180. The number of pyridine rings is 2. The molecule has 4 heterocycles. The largest absolute Gasteiger partial charge is 0.496 e. The van der Waals surface area contributed by atoms with Gasteiger partial charge >= 0.3 is 0 Å². The van der Waals surface area contributed by atoms with Gasteiger partial charge < -0.3 is 25.2 Å². The SMILES string of the molecule is COc1cc(-c2nccc(-c3cccc(-c4ccc(CNC[C@H]5CCC(=O)N5)c(OC)n4)c3Cl)c2Cl)cc2c1CCN(C[C@H](C)O)C2. The summed E-state index contributed by atoms with van der Waals surface area (Å²) in [6.07, 6.45) is 3.59.